The van der Waals surface area contributed by atoms with E-state index in [9.17, 15) is 4.79 Å². The van der Waals surface area contributed by atoms with Crippen molar-refractivity contribution in [2.24, 2.45) is 0 Å². The lowest BCUT2D eigenvalue weighted by molar-refractivity contribution is -0.152. The number of likely N-dealkylation sites (N-methyl/N-ethyl adjacent to an activating group) is 1. The number of ether oxygens (including phenoxy) is 1. The van der Waals surface area contributed by atoms with Crippen LogP contribution in [0.4, 0.5) is 0 Å². The Balaban J connectivity index is 2.51. The second kappa shape index (κ2) is 6.01. The SMILES string of the molecule is CC(C(=O)OCc1ccccc1)N(C)C(C)(C)C. The first-order valence-electron chi connectivity index (χ1n) is 6.26. The average Bonchev–Trinajstić information content (AvgIpc) is 2.34. The molecule has 1 aromatic carbocycles. The van der Waals surface area contributed by atoms with Gasteiger partial charge in [0, 0.05) is 5.54 Å². The van der Waals surface area contributed by atoms with Gasteiger partial charge in [0.2, 0.25) is 0 Å². The van der Waals surface area contributed by atoms with Gasteiger partial charge in [-0.05, 0) is 40.3 Å². The van der Waals surface area contributed by atoms with Crippen molar-refractivity contribution in [3.8, 4) is 0 Å². The minimum absolute atomic E-state index is 0.0504. The second-order valence-electron chi connectivity index (χ2n) is 5.55. The van der Waals surface area contributed by atoms with Crippen molar-refractivity contribution in [3.05, 3.63) is 35.9 Å². The van der Waals surface area contributed by atoms with Gasteiger partial charge in [-0.3, -0.25) is 9.69 Å². The Morgan fingerprint density at radius 1 is 1.28 bits per heavy atom. The smallest absolute Gasteiger partial charge is 0.323 e. The number of carbonyl (C=O) groups is 1. The third kappa shape index (κ3) is 4.15. The van der Waals surface area contributed by atoms with E-state index >= 15 is 0 Å². The molecule has 3 nitrogen and oxygen atoms in total. The molecular formula is C15H23NO2. The highest BCUT2D eigenvalue weighted by Crippen LogP contribution is 2.15. The van der Waals surface area contributed by atoms with E-state index in [1.54, 1.807) is 0 Å². The molecule has 3 heteroatoms. The zero-order chi connectivity index (χ0) is 13.8. The maximum absolute atomic E-state index is 11.9. The predicted molar refractivity (Wildman–Crippen MR) is 73.2 cm³/mol. The molecule has 0 fully saturated rings. The summed E-state index contributed by atoms with van der Waals surface area (Å²) in [6.07, 6.45) is 0. The maximum Gasteiger partial charge on any atom is 0.323 e. The van der Waals surface area contributed by atoms with E-state index in [4.69, 9.17) is 4.74 Å². The first-order chi connectivity index (χ1) is 8.32. The van der Waals surface area contributed by atoms with Crippen LogP contribution >= 0.6 is 0 Å². The van der Waals surface area contributed by atoms with E-state index in [-0.39, 0.29) is 17.6 Å². The fourth-order valence-electron chi connectivity index (χ4n) is 1.59. The summed E-state index contributed by atoms with van der Waals surface area (Å²) in [4.78, 5) is 14.0. The molecule has 1 aromatic rings. The summed E-state index contributed by atoms with van der Waals surface area (Å²) < 4.78 is 5.33. The summed E-state index contributed by atoms with van der Waals surface area (Å²) in [5, 5.41) is 0. The van der Waals surface area contributed by atoms with Crippen molar-refractivity contribution in [1.29, 1.82) is 0 Å². The molecule has 1 atom stereocenters. The summed E-state index contributed by atoms with van der Waals surface area (Å²) in [7, 11) is 1.94. The van der Waals surface area contributed by atoms with Crippen molar-refractivity contribution in [2.75, 3.05) is 7.05 Å². The van der Waals surface area contributed by atoms with Gasteiger partial charge in [0.05, 0.1) is 0 Å². The highest BCUT2D eigenvalue weighted by Gasteiger charge is 2.27. The van der Waals surface area contributed by atoms with Crippen LogP contribution in [0.3, 0.4) is 0 Å². The zero-order valence-corrected chi connectivity index (χ0v) is 11.9. The summed E-state index contributed by atoms with van der Waals surface area (Å²) in [6, 6.07) is 9.48. The van der Waals surface area contributed by atoms with Crippen LogP contribution in [0.1, 0.15) is 33.3 Å². The van der Waals surface area contributed by atoms with E-state index in [1.165, 1.54) is 0 Å². The molecule has 0 spiro atoms. The Hall–Kier alpha value is -1.35. The fourth-order valence-corrected chi connectivity index (χ4v) is 1.59. The van der Waals surface area contributed by atoms with Crippen LogP contribution in [-0.4, -0.2) is 29.5 Å². The van der Waals surface area contributed by atoms with E-state index in [2.05, 4.69) is 20.8 Å². The molecule has 1 unspecified atom stereocenters. The van der Waals surface area contributed by atoms with Crippen LogP contribution in [0, 0.1) is 0 Å². The van der Waals surface area contributed by atoms with Gasteiger partial charge in [-0.25, -0.2) is 0 Å². The van der Waals surface area contributed by atoms with Crippen molar-refractivity contribution >= 4 is 5.97 Å². The average molecular weight is 249 g/mol. The number of hydrogen-bond acceptors (Lipinski definition) is 3. The van der Waals surface area contributed by atoms with E-state index in [0.29, 0.717) is 6.61 Å². The number of esters is 1. The van der Waals surface area contributed by atoms with Gasteiger partial charge >= 0.3 is 5.97 Å². The van der Waals surface area contributed by atoms with Gasteiger partial charge in [-0.2, -0.15) is 0 Å². The minimum atomic E-state index is -0.242. The Morgan fingerprint density at radius 2 is 1.83 bits per heavy atom. The molecular weight excluding hydrogens is 226 g/mol. The van der Waals surface area contributed by atoms with E-state index < -0.39 is 0 Å². The van der Waals surface area contributed by atoms with Gasteiger partial charge < -0.3 is 4.74 Å². The first-order valence-corrected chi connectivity index (χ1v) is 6.26. The molecule has 0 aliphatic heterocycles. The standard InChI is InChI=1S/C15H23NO2/c1-12(16(5)15(2,3)4)14(17)18-11-13-9-7-6-8-10-13/h6-10,12H,11H2,1-5H3. The maximum atomic E-state index is 11.9. The van der Waals surface area contributed by atoms with Crippen molar-refractivity contribution in [3.63, 3.8) is 0 Å². The number of hydrogen-bond donors (Lipinski definition) is 0. The van der Waals surface area contributed by atoms with Crippen LogP contribution in [0.2, 0.25) is 0 Å². The van der Waals surface area contributed by atoms with Crippen molar-refractivity contribution in [2.45, 2.75) is 45.9 Å². The molecule has 0 saturated carbocycles. The quantitative estimate of drug-likeness (QED) is 0.768. The first kappa shape index (κ1) is 14.7. The van der Waals surface area contributed by atoms with Crippen LogP contribution in [-0.2, 0) is 16.1 Å². The monoisotopic (exact) mass is 249 g/mol. The fraction of sp³-hybridized carbons (Fsp3) is 0.533. The lowest BCUT2D eigenvalue weighted by Gasteiger charge is -2.35. The topological polar surface area (TPSA) is 29.5 Å². The lowest BCUT2D eigenvalue weighted by Crippen LogP contribution is -2.48. The van der Waals surface area contributed by atoms with Crippen LogP contribution in [0.25, 0.3) is 0 Å². The van der Waals surface area contributed by atoms with Gasteiger partial charge in [-0.1, -0.05) is 30.3 Å². The van der Waals surface area contributed by atoms with Gasteiger partial charge in [0.25, 0.3) is 0 Å². The van der Waals surface area contributed by atoms with Crippen LogP contribution in [0.5, 0.6) is 0 Å². The summed E-state index contributed by atoms with van der Waals surface area (Å²) in [5.41, 5.74) is 0.960. The highest BCUT2D eigenvalue weighted by molar-refractivity contribution is 5.75. The molecule has 0 aromatic heterocycles. The Morgan fingerprint density at radius 3 is 2.33 bits per heavy atom. The molecule has 0 aliphatic carbocycles. The predicted octanol–water partition coefficient (Wildman–Crippen LogP) is 2.85. The minimum Gasteiger partial charge on any atom is -0.460 e. The third-order valence-corrected chi connectivity index (χ3v) is 3.20. The Kier molecular flexibility index (Phi) is 4.91. The third-order valence-electron chi connectivity index (χ3n) is 3.20. The summed E-state index contributed by atoms with van der Waals surface area (Å²) in [6.45, 7) is 8.44. The number of benzene rings is 1. The second-order valence-corrected chi connectivity index (χ2v) is 5.55. The van der Waals surface area contributed by atoms with Crippen molar-refractivity contribution < 1.29 is 9.53 Å². The Labute approximate surface area is 110 Å². The van der Waals surface area contributed by atoms with E-state index in [1.807, 2.05) is 49.2 Å². The van der Waals surface area contributed by atoms with Crippen molar-refractivity contribution in [1.82, 2.24) is 4.90 Å². The summed E-state index contributed by atoms with van der Waals surface area (Å²) in [5.74, 6) is -0.184. The molecule has 0 saturated heterocycles. The van der Waals surface area contributed by atoms with Gasteiger partial charge in [0.1, 0.15) is 12.6 Å². The molecule has 18 heavy (non-hydrogen) atoms. The van der Waals surface area contributed by atoms with Gasteiger partial charge in [-0.15, -0.1) is 0 Å². The molecule has 100 valence electrons. The number of rotatable bonds is 4. The normalized spacial score (nSPS) is 13.4. The van der Waals surface area contributed by atoms with Crippen LogP contribution in [0.15, 0.2) is 30.3 Å². The molecule has 0 amide bonds. The zero-order valence-electron chi connectivity index (χ0n) is 11.9. The molecule has 0 radical (unpaired) electrons. The van der Waals surface area contributed by atoms with E-state index in [0.717, 1.165) is 5.56 Å². The van der Waals surface area contributed by atoms with Gasteiger partial charge in [0.15, 0.2) is 0 Å². The highest BCUT2D eigenvalue weighted by atomic mass is 16.5. The molecule has 0 heterocycles. The largest absolute Gasteiger partial charge is 0.460 e. The lowest BCUT2D eigenvalue weighted by atomic mass is 10.0. The van der Waals surface area contributed by atoms with Crippen LogP contribution < -0.4 is 0 Å². The number of carbonyl (C=O) groups excluding carboxylic acids is 1. The molecule has 0 N–H and O–H groups in total. The summed E-state index contributed by atoms with van der Waals surface area (Å²) >= 11 is 0. The molecule has 1 rings (SSSR count). The molecule has 0 bridgehead atoms. The molecule has 0 aliphatic rings. The number of nitrogens with zero attached hydrogens (tertiary/aromatic N) is 1. The Bertz CT molecular complexity index is 381.